The number of H-pyrrole nitrogens is 2. The lowest BCUT2D eigenvalue weighted by Gasteiger charge is -2.16. The summed E-state index contributed by atoms with van der Waals surface area (Å²) in [4.78, 5) is 44.5. The minimum atomic E-state index is -0.294. The van der Waals surface area contributed by atoms with Gasteiger partial charge in [0.1, 0.15) is 0 Å². The van der Waals surface area contributed by atoms with E-state index in [1.807, 2.05) is 0 Å². The molecule has 5 aromatic rings. The van der Waals surface area contributed by atoms with Crippen molar-refractivity contribution in [2.45, 2.75) is 338 Å². The van der Waals surface area contributed by atoms with Gasteiger partial charge in [-0.1, -0.05) is 290 Å². The van der Waals surface area contributed by atoms with E-state index in [4.69, 9.17) is 45.0 Å². The molecule has 0 spiro atoms. The number of methoxy groups -OCH3 is 2. The molecule has 2 N–H and O–H groups in total. The van der Waals surface area contributed by atoms with Gasteiger partial charge >= 0.3 is 11.9 Å². The molecular weight excluding hydrogens is 1340 g/mol. The monoisotopic (exact) mass is 1480 g/mol. The van der Waals surface area contributed by atoms with E-state index in [-0.39, 0.29) is 24.8 Å². The van der Waals surface area contributed by atoms with Crippen LogP contribution in [-0.2, 0) is 25.5 Å². The first-order chi connectivity index (χ1) is 52.8. The maximum absolute atomic E-state index is 12.9. The summed E-state index contributed by atoms with van der Waals surface area (Å²) in [7, 11) is 2.86. The zero-order valence-electron chi connectivity index (χ0n) is 69.2. The zero-order chi connectivity index (χ0) is 76.9. The van der Waals surface area contributed by atoms with Crippen molar-refractivity contribution in [3.05, 3.63) is 129 Å². The Morgan fingerprint density at radius 3 is 1.22 bits per heavy atom. The van der Waals surface area contributed by atoms with Crippen LogP contribution >= 0.6 is 0 Å². The molecule has 0 atom stereocenters. The van der Waals surface area contributed by atoms with Crippen molar-refractivity contribution in [2.75, 3.05) is 40.6 Å². The molecule has 8 bridgehead atoms. The van der Waals surface area contributed by atoms with Gasteiger partial charge in [-0.2, -0.15) is 0 Å². The average molecular weight is 1480 g/mol. The third kappa shape index (κ3) is 29.8. The summed E-state index contributed by atoms with van der Waals surface area (Å²) in [6.07, 6.45) is 56.2. The third-order valence-corrected chi connectivity index (χ3v) is 22.2. The number of benzene rings is 2. The Hall–Kier alpha value is -7.34. The SMILES string of the molecule is C=C(c1ccc(OCCCCCCCCCCCC)c(OCCCCCCCCCCCC)c1)c1c(C)c2cc3nc(cc4[nH]c(cc5nc(cc1[nH]2)C(C)=C5/C=C/c1ccc(OCCCCCCCCCCCC)c(OCCCCCCCCCCCC)c1)c(C)c4CCC(=O)OC)C(CCC(=O)OC)=C3C. The number of aryl methyl sites for hydroxylation is 3. The molecule has 12 nitrogen and oxygen atoms in total. The van der Waals surface area contributed by atoms with Crippen LogP contribution < -0.4 is 18.9 Å². The molecule has 0 aliphatic carbocycles. The summed E-state index contributed by atoms with van der Waals surface area (Å²) in [5, 5.41) is 0. The van der Waals surface area contributed by atoms with Crippen molar-refractivity contribution in [3.8, 4) is 23.0 Å². The molecule has 0 saturated carbocycles. The van der Waals surface area contributed by atoms with Gasteiger partial charge < -0.3 is 38.4 Å². The minimum absolute atomic E-state index is 0.186. The van der Waals surface area contributed by atoms with Crippen LogP contribution in [0.5, 0.6) is 23.0 Å². The highest BCUT2D eigenvalue weighted by Gasteiger charge is 2.24. The predicted molar refractivity (Wildman–Crippen MR) is 456 cm³/mol. The Morgan fingerprint density at radius 1 is 0.380 bits per heavy atom. The summed E-state index contributed by atoms with van der Waals surface area (Å²) in [5.74, 6) is 2.50. The number of esters is 2. The first-order valence-corrected chi connectivity index (χ1v) is 43.3. The summed E-state index contributed by atoms with van der Waals surface area (Å²) in [5.41, 5.74) is 17.1. The van der Waals surface area contributed by atoms with Crippen LogP contribution in [0.15, 0.2) is 73.3 Å². The molecule has 2 aliphatic rings. The van der Waals surface area contributed by atoms with Gasteiger partial charge in [0.15, 0.2) is 23.0 Å². The van der Waals surface area contributed by atoms with E-state index in [0.717, 1.165) is 180 Å². The molecule has 2 aliphatic heterocycles. The number of fused-ring (bicyclic) bond motifs is 8. The first-order valence-electron chi connectivity index (χ1n) is 43.3. The second kappa shape index (κ2) is 51.2. The molecule has 7 rings (SSSR count). The lowest BCUT2D eigenvalue weighted by Crippen LogP contribution is -2.03. The number of carbonyl (C=O) groups excluding carboxylic acids is 2. The topological polar surface area (TPSA) is 147 Å². The lowest BCUT2D eigenvalue weighted by molar-refractivity contribution is -0.141. The fraction of sp³-hybridized carbons (Fsp3) is 0.604. The molecule has 0 fully saturated rings. The van der Waals surface area contributed by atoms with Crippen LogP contribution in [0.4, 0.5) is 0 Å². The summed E-state index contributed by atoms with van der Waals surface area (Å²) in [6, 6.07) is 21.2. The van der Waals surface area contributed by atoms with Gasteiger partial charge in [0.25, 0.3) is 0 Å². The molecule has 0 unspecified atom stereocenters. The van der Waals surface area contributed by atoms with Gasteiger partial charge in [-0.05, 0) is 165 Å². The Balaban J connectivity index is 1.29. The van der Waals surface area contributed by atoms with Crippen LogP contribution in [0.3, 0.4) is 0 Å². The number of aromatic nitrogens is 4. The summed E-state index contributed by atoms with van der Waals surface area (Å²) in [6.45, 7) is 25.1. The predicted octanol–water partition coefficient (Wildman–Crippen LogP) is 27.8. The van der Waals surface area contributed by atoms with Crippen molar-refractivity contribution >= 4 is 67.9 Å². The Kier molecular flexibility index (Phi) is 41.7. The van der Waals surface area contributed by atoms with Crippen molar-refractivity contribution in [1.82, 2.24) is 19.9 Å². The summed E-state index contributed by atoms with van der Waals surface area (Å²) < 4.78 is 37.1. The number of nitrogens with zero attached hydrogens (tertiary/aromatic N) is 2. The van der Waals surface area contributed by atoms with Crippen molar-refractivity contribution in [1.29, 1.82) is 0 Å². The van der Waals surface area contributed by atoms with Gasteiger partial charge in [0.2, 0.25) is 0 Å². The number of allylic oxidation sites excluding steroid dienone is 5. The number of aromatic amines is 2. The highest BCUT2D eigenvalue weighted by Crippen LogP contribution is 2.41. The number of unbranched alkanes of at least 4 members (excludes halogenated alkanes) is 36. The molecule has 2 aromatic carbocycles. The van der Waals surface area contributed by atoms with Crippen LogP contribution in [0, 0.1) is 13.8 Å². The van der Waals surface area contributed by atoms with Gasteiger partial charge in [-0.25, -0.2) is 9.97 Å². The van der Waals surface area contributed by atoms with E-state index >= 15 is 0 Å². The Morgan fingerprint density at radius 2 is 0.750 bits per heavy atom. The fourth-order valence-corrected chi connectivity index (χ4v) is 15.2. The first kappa shape index (κ1) is 87.9. The second-order valence-corrected chi connectivity index (χ2v) is 30.9. The largest absolute Gasteiger partial charge is 0.490 e. The van der Waals surface area contributed by atoms with E-state index in [1.165, 1.54) is 220 Å². The maximum Gasteiger partial charge on any atom is 0.305 e. The number of rotatable bonds is 58. The van der Waals surface area contributed by atoms with E-state index < -0.39 is 0 Å². The molecule has 0 amide bonds. The maximum atomic E-state index is 12.9. The fourth-order valence-electron chi connectivity index (χ4n) is 15.2. The smallest absolute Gasteiger partial charge is 0.305 e. The third-order valence-electron chi connectivity index (χ3n) is 22.2. The van der Waals surface area contributed by atoms with Crippen molar-refractivity contribution in [2.24, 2.45) is 0 Å². The average Bonchev–Trinajstić information content (AvgIpc) is 1.61. The second-order valence-electron chi connectivity index (χ2n) is 30.9. The molecule has 594 valence electrons. The Labute approximate surface area is 653 Å². The van der Waals surface area contributed by atoms with E-state index in [9.17, 15) is 9.59 Å². The van der Waals surface area contributed by atoms with E-state index in [0.29, 0.717) is 39.3 Å². The van der Waals surface area contributed by atoms with Crippen molar-refractivity contribution in [3.63, 3.8) is 0 Å². The van der Waals surface area contributed by atoms with E-state index in [1.54, 1.807) is 0 Å². The van der Waals surface area contributed by atoms with E-state index in [2.05, 4.69) is 138 Å². The van der Waals surface area contributed by atoms with Crippen LogP contribution in [0.2, 0.25) is 0 Å². The summed E-state index contributed by atoms with van der Waals surface area (Å²) >= 11 is 0. The van der Waals surface area contributed by atoms with Gasteiger partial charge in [0, 0.05) is 46.0 Å². The molecular formula is C96H142N4O8. The van der Waals surface area contributed by atoms with Crippen LogP contribution in [0.1, 0.15) is 374 Å². The molecule has 108 heavy (non-hydrogen) atoms. The quantitative estimate of drug-likeness (QED) is 0.0285. The van der Waals surface area contributed by atoms with Gasteiger partial charge in [0.05, 0.1) is 63.4 Å². The van der Waals surface area contributed by atoms with Gasteiger partial charge in [-0.3, -0.25) is 9.59 Å². The van der Waals surface area contributed by atoms with Crippen molar-refractivity contribution < 1.29 is 38.0 Å². The number of nitrogens with one attached hydrogen (secondary N) is 2. The lowest BCUT2D eigenvalue weighted by atomic mass is 9.96. The molecule has 0 saturated heterocycles. The highest BCUT2D eigenvalue weighted by molar-refractivity contribution is 6.01. The molecule has 3 aromatic heterocycles. The minimum Gasteiger partial charge on any atom is -0.490 e. The Bertz CT molecular complexity index is 3790. The molecule has 5 heterocycles. The van der Waals surface area contributed by atoms with Crippen LogP contribution in [0.25, 0.3) is 56.0 Å². The van der Waals surface area contributed by atoms with Gasteiger partial charge in [-0.15, -0.1) is 0 Å². The molecule has 0 radical (unpaired) electrons. The normalized spacial score (nSPS) is 12.3. The van der Waals surface area contributed by atoms with Crippen LogP contribution in [-0.4, -0.2) is 72.5 Å². The number of ether oxygens (including phenoxy) is 6. The highest BCUT2D eigenvalue weighted by atomic mass is 16.5. The zero-order valence-corrected chi connectivity index (χ0v) is 69.2. The number of carbonyl (C=O) groups is 2. The molecule has 12 heteroatoms. The number of hydrogen-bond donors (Lipinski definition) is 2. The number of hydrogen-bond acceptors (Lipinski definition) is 10. The standard InChI is InChI=1S/C96H142N4O8/c1-12-16-20-24-28-32-36-40-44-48-62-105-90-58-53-77(66-92(90)107-64-50-46-42-38-34-30-26-22-18-14-3)52-55-79-73(6)84-70-89-96(72(5)78-54-59-91(106-63-49-45-41-37-33-29-25-21-17-13-2)93(67-78)108-65-51-47-43-39-35-31-27-23-19-15-4)76(9)85(100-89)68-82-74(7)80(56-60-94(101)103-10)87(97-82)71-88-81(57-61-95(102)104-11)75(8)83(98-88)69-86(79)99-84/h52-55,58-59,66-71,98,100H,5,12-51,56-57,60-65H2,1-4,6-11H3/b55-52+,82-68?,83-69?,84-70?,85-68?,86-69?,87-71?,88-71?,89-70?.